The Balaban J connectivity index is 1.88. The number of carbonyl (C=O) groups is 1. The molecule has 0 bridgehead atoms. The number of carbonyl (C=O) groups excluding carboxylic acids is 1. The Bertz CT molecular complexity index is 873. The molecule has 3 aromatic rings. The summed E-state index contributed by atoms with van der Waals surface area (Å²) >= 11 is 0. The summed E-state index contributed by atoms with van der Waals surface area (Å²) < 4.78 is 12.4. The molecule has 0 saturated heterocycles. The molecule has 124 valence electrons. The van der Waals surface area contributed by atoms with Gasteiger partial charge in [0.05, 0.1) is 20.3 Å². The van der Waals surface area contributed by atoms with Crippen LogP contribution in [0.5, 0.6) is 11.5 Å². The first-order valence-electron chi connectivity index (χ1n) is 7.59. The lowest BCUT2D eigenvalue weighted by Gasteiger charge is -2.18. The largest absolute Gasteiger partial charge is 0.497 e. The maximum Gasteiger partial charge on any atom is 0.268 e. The van der Waals surface area contributed by atoms with Crippen LogP contribution in [-0.2, 0) is 0 Å². The van der Waals surface area contributed by atoms with Crippen molar-refractivity contribution in [2.75, 3.05) is 14.2 Å². The molecule has 0 aliphatic carbocycles. The normalized spacial score (nSPS) is 12.0. The number of hydrogen-bond acceptors (Lipinski definition) is 4. The second-order valence-corrected chi connectivity index (χ2v) is 5.37. The number of nitrogens with zero attached hydrogens (tertiary/aromatic N) is 2. The van der Waals surface area contributed by atoms with Crippen LogP contribution >= 0.6 is 0 Å². The molecule has 1 N–H and O–H groups in total. The van der Waals surface area contributed by atoms with Gasteiger partial charge in [-0.2, -0.15) is 0 Å². The fourth-order valence-corrected chi connectivity index (χ4v) is 2.66. The third-order valence-corrected chi connectivity index (χ3v) is 3.91. The standard InChI is InChI=1S/C18H19N3O3/c1-12(14-11-13(23-2)7-8-16(14)24-3)20-18(22)15-5-4-6-17-19-9-10-21(15)17/h4-12H,1-3H3,(H,20,22)/t12-/m0/s1. The molecular formula is C18H19N3O3. The number of fused-ring (bicyclic) bond motifs is 1. The highest BCUT2D eigenvalue weighted by Crippen LogP contribution is 2.29. The highest BCUT2D eigenvalue weighted by atomic mass is 16.5. The SMILES string of the molecule is COc1ccc(OC)c([C@H](C)NC(=O)c2cccc3nccn23)c1. The van der Waals surface area contributed by atoms with Crippen LogP contribution in [0.4, 0.5) is 0 Å². The molecule has 0 aliphatic heterocycles. The van der Waals surface area contributed by atoms with Crippen LogP contribution in [0.3, 0.4) is 0 Å². The summed E-state index contributed by atoms with van der Waals surface area (Å²) in [4.78, 5) is 16.9. The van der Waals surface area contributed by atoms with E-state index in [2.05, 4.69) is 10.3 Å². The van der Waals surface area contributed by atoms with Crippen LogP contribution in [0.15, 0.2) is 48.8 Å². The first kappa shape index (κ1) is 15.9. The van der Waals surface area contributed by atoms with E-state index < -0.39 is 0 Å². The number of amides is 1. The van der Waals surface area contributed by atoms with Gasteiger partial charge in [0, 0.05) is 18.0 Å². The number of benzene rings is 1. The second kappa shape index (κ2) is 6.62. The molecule has 0 saturated carbocycles. The first-order chi connectivity index (χ1) is 11.6. The predicted molar refractivity (Wildman–Crippen MR) is 90.6 cm³/mol. The molecule has 1 atom stereocenters. The van der Waals surface area contributed by atoms with Gasteiger partial charge in [-0.1, -0.05) is 6.07 Å². The van der Waals surface area contributed by atoms with Crippen LogP contribution in [0, 0.1) is 0 Å². The van der Waals surface area contributed by atoms with Gasteiger partial charge in [0.25, 0.3) is 5.91 Å². The van der Waals surface area contributed by atoms with Crippen LogP contribution < -0.4 is 14.8 Å². The lowest BCUT2D eigenvalue weighted by atomic mass is 10.1. The van der Waals surface area contributed by atoms with E-state index in [1.165, 1.54) is 0 Å². The average Bonchev–Trinajstić information content (AvgIpc) is 3.09. The molecule has 24 heavy (non-hydrogen) atoms. The van der Waals surface area contributed by atoms with Crippen LogP contribution in [0.25, 0.3) is 5.65 Å². The molecule has 1 aromatic carbocycles. The Morgan fingerprint density at radius 2 is 2.04 bits per heavy atom. The van der Waals surface area contributed by atoms with E-state index in [1.54, 1.807) is 37.1 Å². The smallest absolute Gasteiger partial charge is 0.268 e. The van der Waals surface area contributed by atoms with Crippen molar-refractivity contribution in [3.8, 4) is 11.5 Å². The lowest BCUT2D eigenvalue weighted by Crippen LogP contribution is -2.28. The van der Waals surface area contributed by atoms with Gasteiger partial charge in [0.1, 0.15) is 22.8 Å². The van der Waals surface area contributed by atoms with Crippen molar-refractivity contribution in [1.29, 1.82) is 0 Å². The summed E-state index contributed by atoms with van der Waals surface area (Å²) in [6, 6.07) is 10.7. The van der Waals surface area contributed by atoms with Gasteiger partial charge in [-0.25, -0.2) is 4.98 Å². The van der Waals surface area contributed by atoms with E-state index in [-0.39, 0.29) is 11.9 Å². The quantitative estimate of drug-likeness (QED) is 0.783. The Hall–Kier alpha value is -3.02. The van der Waals surface area contributed by atoms with E-state index in [0.717, 1.165) is 11.2 Å². The summed E-state index contributed by atoms with van der Waals surface area (Å²) in [5, 5.41) is 3.00. The summed E-state index contributed by atoms with van der Waals surface area (Å²) in [5.74, 6) is 1.23. The zero-order valence-corrected chi connectivity index (χ0v) is 13.8. The minimum atomic E-state index is -0.249. The van der Waals surface area contributed by atoms with Crippen molar-refractivity contribution >= 4 is 11.6 Å². The topological polar surface area (TPSA) is 64.9 Å². The number of ether oxygens (including phenoxy) is 2. The molecule has 1 amide bonds. The summed E-state index contributed by atoms with van der Waals surface area (Å²) in [6.07, 6.45) is 3.43. The first-order valence-corrected chi connectivity index (χ1v) is 7.59. The van der Waals surface area contributed by atoms with Gasteiger partial charge in [-0.15, -0.1) is 0 Å². The molecule has 0 unspecified atom stereocenters. The molecule has 6 nitrogen and oxygen atoms in total. The Morgan fingerprint density at radius 3 is 2.79 bits per heavy atom. The van der Waals surface area contributed by atoms with Gasteiger partial charge in [-0.3, -0.25) is 9.20 Å². The van der Waals surface area contributed by atoms with Crippen molar-refractivity contribution in [2.24, 2.45) is 0 Å². The van der Waals surface area contributed by atoms with Gasteiger partial charge in [0.15, 0.2) is 0 Å². The molecule has 6 heteroatoms. The number of pyridine rings is 1. The van der Waals surface area contributed by atoms with Crippen LogP contribution in [-0.4, -0.2) is 29.5 Å². The van der Waals surface area contributed by atoms with Gasteiger partial charge in [0.2, 0.25) is 0 Å². The lowest BCUT2D eigenvalue weighted by molar-refractivity contribution is 0.0933. The number of methoxy groups -OCH3 is 2. The molecule has 2 aromatic heterocycles. The summed E-state index contributed by atoms with van der Waals surface area (Å²) in [6.45, 7) is 1.91. The van der Waals surface area contributed by atoms with Crippen molar-refractivity contribution < 1.29 is 14.3 Å². The van der Waals surface area contributed by atoms with Crippen molar-refractivity contribution in [3.05, 3.63) is 60.0 Å². The van der Waals surface area contributed by atoms with E-state index in [4.69, 9.17) is 9.47 Å². The maximum absolute atomic E-state index is 12.7. The predicted octanol–water partition coefficient (Wildman–Crippen LogP) is 2.84. The van der Waals surface area contributed by atoms with Gasteiger partial charge < -0.3 is 14.8 Å². The molecule has 0 aliphatic rings. The third kappa shape index (κ3) is 2.90. The fourth-order valence-electron chi connectivity index (χ4n) is 2.66. The maximum atomic E-state index is 12.7. The van der Waals surface area contributed by atoms with E-state index in [9.17, 15) is 4.79 Å². The van der Waals surface area contributed by atoms with Crippen LogP contribution in [0.2, 0.25) is 0 Å². The van der Waals surface area contributed by atoms with E-state index in [0.29, 0.717) is 17.2 Å². The van der Waals surface area contributed by atoms with Crippen molar-refractivity contribution in [1.82, 2.24) is 14.7 Å². The third-order valence-electron chi connectivity index (χ3n) is 3.91. The molecule has 0 fully saturated rings. The minimum absolute atomic E-state index is 0.184. The molecule has 0 radical (unpaired) electrons. The summed E-state index contributed by atoms with van der Waals surface area (Å²) in [5.41, 5.74) is 2.11. The van der Waals surface area contributed by atoms with Crippen molar-refractivity contribution in [2.45, 2.75) is 13.0 Å². The molecule has 3 rings (SSSR count). The number of aromatic nitrogens is 2. The fraction of sp³-hybridized carbons (Fsp3) is 0.222. The second-order valence-electron chi connectivity index (χ2n) is 5.37. The highest BCUT2D eigenvalue weighted by molar-refractivity contribution is 5.93. The Kier molecular flexibility index (Phi) is 4.37. The minimum Gasteiger partial charge on any atom is -0.497 e. The van der Waals surface area contributed by atoms with Crippen molar-refractivity contribution in [3.63, 3.8) is 0 Å². The van der Waals surface area contributed by atoms with E-state index >= 15 is 0 Å². The number of nitrogens with one attached hydrogen (secondary N) is 1. The van der Waals surface area contributed by atoms with Gasteiger partial charge >= 0.3 is 0 Å². The average molecular weight is 325 g/mol. The Morgan fingerprint density at radius 1 is 1.21 bits per heavy atom. The zero-order chi connectivity index (χ0) is 17.1. The highest BCUT2D eigenvalue weighted by Gasteiger charge is 2.17. The molecule has 0 spiro atoms. The number of rotatable bonds is 5. The Labute approximate surface area is 140 Å². The number of imidazole rings is 1. The molecule has 2 heterocycles. The summed E-state index contributed by atoms with van der Waals surface area (Å²) in [7, 11) is 3.21. The zero-order valence-electron chi connectivity index (χ0n) is 13.8. The van der Waals surface area contributed by atoms with Crippen LogP contribution in [0.1, 0.15) is 29.0 Å². The molecular weight excluding hydrogens is 306 g/mol. The van der Waals surface area contributed by atoms with Gasteiger partial charge in [-0.05, 0) is 37.3 Å². The number of hydrogen-bond donors (Lipinski definition) is 1. The monoisotopic (exact) mass is 325 g/mol. The van der Waals surface area contributed by atoms with E-state index in [1.807, 2.05) is 37.3 Å².